The molecule has 0 saturated carbocycles. The molecule has 0 saturated heterocycles. The average Bonchev–Trinajstić information content (AvgIpc) is 3.69. The molecule has 0 spiro atoms. The van der Waals surface area contributed by atoms with E-state index in [9.17, 15) is 0 Å². The van der Waals surface area contributed by atoms with Crippen molar-refractivity contribution in [1.82, 2.24) is 24.6 Å². The Bertz CT molecular complexity index is 2880. The second-order valence-corrected chi connectivity index (χ2v) is 13.5. The minimum absolute atomic E-state index is 0.631. The number of aromatic nitrogens is 5. The normalized spacial score (nSPS) is 11.3. The van der Waals surface area contributed by atoms with Gasteiger partial charge >= 0.3 is 0 Å². The summed E-state index contributed by atoms with van der Waals surface area (Å²) in [4.78, 5) is 14.8. The minimum atomic E-state index is 0.631. The molecule has 5 nitrogen and oxygen atoms in total. The molecule has 0 amide bonds. The summed E-state index contributed by atoms with van der Waals surface area (Å²) >= 11 is 0. The Morgan fingerprint density at radius 3 is 1.42 bits per heavy atom. The maximum Gasteiger partial charge on any atom is 0.164 e. The van der Waals surface area contributed by atoms with Crippen LogP contribution >= 0.6 is 0 Å². The van der Waals surface area contributed by atoms with Crippen molar-refractivity contribution in [1.29, 1.82) is 0 Å². The molecule has 5 heteroatoms. The Hall–Kier alpha value is -7.50. The maximum atomic E-state index is 5.37. The molecular weight excluding hydrogens is 671 g/mol. The van der Waals surface area contributed by atoms with Crippen molar-refractivity contribution in [3.8, 4) is 78.9 Å². The molecule has 3 aromatic heterocycles. The van der Waals surface area contributed by atoms with Gasteiger partial charge in [-0.15, -0.1) is 0 Å². The van der Waals surface area contributed by atoms with E-state index in [0.717, 1.165) is 72.4 Å². The summed E-state index contributed by atoms with van der Waals surface area (Å²) in [5.74, 6) is 1.92. The van der Waals surface area contributed by atoms with Crippen molar-refractivity contribution in [2.24, 2.45) is 0 Å². The highest BCUT2D eigenvalue weighted by molar-refractivity contribution is 6.08. The molecule has 0 aliphatic heterocycles. The van der Waals surface area contributed by atoms with E-state index in [1.807, 2.05) is 66.7 Å². The van der Waals surface area contributed by atoms with Crippen molar-refractivity contribution >= 4 is 16.3 Å². The van der Waals surface area contributed by atoms with Crippen molar-refractivity contribution in [3.63, 3.8) is 0 Å². The zero-order chi connectivity index (χ0) is 36.6. The van der Waals surface area contributed by atoms with Crippen LogP contribution in [0.25, 0.3) is 95.2 Å². The largest absolute Gasteiger partial charge is 0.231 e. The lowest BCUT2D eigenvalue weighted by Crippen LogP contribution is -2.00. The smallest absolute Gasteiger partial charge is 0.164 e. The first-order valence-corrected chi connectivity index (χ1v) is 18.4. The SMILES string of the molecule is c1ccc(-c2nc(-c3ccccc3)nc(-c3cccc(-c4ccc(-c5cc6ccccc6c6c(-c7ccccc7)c(-c7ccccc7)nn56)cc4)c3)n2)cc1. The van der Waals surface area contributed by atoms with Gasteiger partial charge in [-0.3, -0.25) is 0 Å². The molecule has 0 radical (unpaired) electrons. The molecule has 258 valence electrons. The van der Waals surface area contributed by atoms with Crippen LogP contribution in [0.5, 0.6) is 0 Å². The van der Waals surface area contributed by atoms with E-state index < -0.39 is 0 Å². The molecule has 0 bridgehead atoms. The lowest BCUT2D eigenvalue weighted by atomic mass is 9.96. The van der Waals surface area contributed by atoms with E-state index in [-0.39, 0.29) is 0 Å². The molecule has 0 N–H and O–H groups in total. The first kappa shape index (κ1) is 32.2. The van der Waals surface area contributed by atoms with Crippen LogP contribution in [-0.4, -0.2) is 24.6 Å². The monoisotopic (exact) mass is 703 g/mol. The molecule has 7 aromatic carbocycles. The molecule has 0 aliphatic rings. The van der Waals surface area contributed by atoms with Gasteiger partial charge in [0.05, 0.1) is 11.2 Å². The Labute approximate surface area is 318 Å². The van der Waals surface area contributed by atoms with Crippen LogP contribution < -0.4 is 0 Å². The lowest BCUT2D eigenvalue weighted by molar-refractivity contribution is 0.979. The first-order valence-electron chi connectivity index (χ1n) is 18.4. The summed E-state index contributed by atoms with van der Waals surface area (Å²) in [6.07, 6.45) is 0. The fourth-order valence-electron chi connectivity index (χ4n) is 7.38. The van der Waals surface area contributed by atoms with Gasteiger partial charge in [0.1, 0.15) is 5.69 Å². The number of nitrogens with zero attached hydrogens (tertiary/aromatic N) is 5. The predicted octanol–water partition coefficient (Wildman–Crippen LogP) is 12.3. The van der Waals surface area contributed by atoms with Crippen LogP contribution in [0.15, 0.2) is 200 Å². The molecule has 0 unspecified atom stereocenters. The molecule has 10 rings (SSSR count). The lowest BCUT2D eigenvalue weighted by Gasteiger charge is -2.12. The number of fused-ring (bicyclic) bond motifs is 3. The van der Waals surface area contributed by atoms with E-state index in [0.29, 0.717) is 17.5 Å². The Balaban J connectivity index is 1.08. The van der Waals surface area contributed by atoms with Crippen molar-refractivity contribution in [2.45, 2.75) is 0 Å². The van der Waals surface area contributed by atoms with Gasteiger partial charge in [-0.2, -0.15) is 5.10 Å². The zero-order valence-corrected chi connectivity index (χ0v) is 29.8. The van der Waals surface area contributed by atoms with Crippen LogP contribution in [0.2, 0.25) is 0 Å². The topological polar surface area (TPSA) is 56.0 Å². The predicted molar refractivity (Wildman–Crippen MR) is 224 cm³/mol. The highest BCUT2D eigenvalue weighted by Gasteiger charge is 2.21. The molecule has 3 heterocycles. The molecular formula is C50H33N5. The number of rotatable bonds is 7. The quantitative estimate of drug-likeness (QED) is 0.166. The van der Waals surface area contributed by atoms with E-state index in [1.165, 1.54) is 5.39 Å². The van der Waals surface area contributed by atoms with Crippen LogP contribution in [0, 0.1) is 0 Å². The summed E-state index contributed by atoms with van der Waals surface area (Å²) in [7, 11) is 0. The number of hydrogen-bond acceptors (Lipinski definition) is 4. The van der Waals surface area contributed by atoms with Gasteiger partial charge in [-0.05, 0) is 34.2 Å². The summed E-state index contributed by atoms with van der Waals surface area (Å²) in [6, 6.07) is 69.3. The Kier molecular flexibility index (Phi) is 8.08. The molecule has 55 heavy (non-hydrogen) atoms. The van der Waals surface area contributed by atoms with Crippen LogP contribution in [0.1, 0.15) is 0 Å². The van der Waals surface area contributed by atoms with Crippen LogP contribution in [-0.2, 0) is 0 Å². The fraction of sp³-hybridized carbons (Fsp3) is 0. The summed E-state index contributed by atoms with van der Waals surface area (Å²) in [5, 5.41) is 7.70. The van der Waals surface area contributed by atoms with Gasteiger partial charge in [0.2, 0.25) is 0 Å². The van der Waals surface area contributed by atoms with E-state index in [2.05, 4.69) is 138 Å². The van der Waals surface area contributed by atoms with Crippen molar-refractivity contribution in [3.05, 3.63) is 200 Å². The summed E-state index contributed by atoms with van der Waals surface area (Å²) in [6.45, 7) is 0. The van der Waals surface area contributed by atoms with E-state index in [1.54, 1.807) is 0 Å². The van der Waals surface area contributed by atoms with Gasteiger partial charge in [0, 0.05) is 38.8 Å². The number of hydrogen-bond donors (Lipinski definition) is 0. The second-order valence-electron chi connectivity index (χ2n) is 13.5. The number of pyridine rings is 1. The zero-order valence-electron chi connectivity index (χ0n) is 29.8. The van der Waals surface area contributed by atoms with Gasteiger partial charge in [0.15, 0.2) is 17.5 Å². The summed E-state index contributed by atoms with van der Waals surface area (Å²) < 4.78 is 2.14. The van der Waals surface area contributed by atoms with Crippen molar-refractivity contribution < 1.29 is 0 Å². The van der Waals surface area contributed by atoms with Crippen LogP contribution in [0.3, 0.4) is 0 Å². The highest BCUT2D eigenvalue weighted by Crippen LogP contribution is 2.41. The molecule has 0 fully saturated rings. The first-order chi connectivity index (χ1) is 27.3. The highest BCUT2D eigenvalue weighted by atomic mass is 15.2. The molecule has 10 aromatic rings. The van der Waals surface area contributed by atoms with Gasteiger partial charge in [-0.1, -0.05) is 188 Å². The van der Waals surface area contributed by atoms with E-state index >= 15 is 0 Å². The third-order valence-electron chi connectivity index (χ3n) is 10.1. The molecule has 0 atom stereocenters. The standard InChI is InChI=1S/C50H33N5/c1-5-16-36(17-6-1)45-46(37-18-7-2-8-19-37)54-55-44(33-41-24-13-14-27-43(41)47(45)55)35-30-28-34(29-31-35)40-25-15-26-42(32-40)50-52-48(38-20-9-3-10-21-38)51-49(53-50)39-22-11-4-12-23-39/h1-33H. The van der Waals surface area contributed by atoms with Crippen LogP contribution in [0.4, 0.5) is 0 Å². The average molecular weight is 704 g/mol. The maximum absolute atomic E-state index is 5.37. The van der Waals surface area contributed by atoms with Gasteiger partial charge in [-0.25, -0.2) is 19.5 Å². The third kappa shape index (κ3) is 6.04. The fourth-order valence-corrected chi connectivity index (χ4v) is 7.38. The minimum Gasteiger partial charge on any atom is -0.231 e. The third-order valence-corrected chi connectivity index (χ3v) is 10.1. The Morgan fingerprint density at radius 1 is 0.327 bits per heavy atom. The van der Waals surface area contributed by atoms with Gasteiger partial charge < -0.3 is 0 Å². The Morgan fingerprint density at radius 2 is 0.800 bits per heavy atom. The second kappa shape index (κ2) is 13.8. The van der Waals surface area contributed by atoms with E-state index in [4.69, 9.17) is 20.1 Å². The molecule has 0 aliphatic carbocycles. The van der Waals surface area contributed by atoms with Crippen molar-refractivity contribution in [2.75, 3.05) is 0 Å². The number of benzene rings is 7. The summed E-state index contributed by atoms with van der Waals surface area (Å²) in [5.41, 5.74) is 12.5. The van der Waals surface area contributed by atoms with Gasteiger partial charge in [0.25, 0.3) is 0 Å².